The van der Waals surface area contributed by atoms with Gasteiger partial charge in [-0.05, 0) is 12.8 Å². The van der Waals surface area contributed by atoms with Gasteiger partial charge in [-0.3, -0.25) is 9.69 Å². The fourth-order valence-electron chi connectivity index (χ4n) is 2.36. The largest absolute Gasteiger partial charge is 0.468 e. The smallest absolute Gasteiger partial charge is 0.322 e. The van der Waals surface area contributed by atoms with Gasteiger partial charge in [-0.15, -0.1) is 0 Å². The maximum atomic E-state index is 11.7. The summed E-state index contributed by atoms with van der Waals surface area (Å²) in [6.07, 6.45) is 2.16. The molecule has 1 saturated heterocycles. The Labute approximate surface area is 116 Å². The first-order valence-corrected chi connectivity index (χ1v) is 7.24. The number of rotatable bonds is 7. The summed E-state index contributed by atoms with van der Waals surface area (Å²) in [6, 6.07) is 0.0603. The molecule has 5 heteroatoms. The van der Waals surface area contributed by atoms with Gasteiger partial charge in [0, 0.05) is 25.7 Å². The highest BCUT2D eigenvalue weighted by atomic mass is 16.5. The first-order valence-electron chi connectivity index (χ1n) is 7.24. The van der Waals surface area contributed by atoms with Crippen LogP contribution in [0.4, 0.5) is 0 Å². The van der Waals surface area contributed by atoms with Crippen LogP contribution in [0.5, 0.6) is 0 Å². The van der Waals surface area contributed by atoms with Gasteiger partial charge in [0.05, 0.1) is 19.8 Å². The lowest BCUT2D eigenvalue weighted by molar-refractivity contribution is -0.143. The van der Waals surface area contributed by atoms with Crippen molar-refractivity contribution in [2.75, 3.05) is 33.4 Å². The number of nitrogens with one attached hydrogen (secondary N) is 1. The molecule has 2 unspecified atom stereocenters. The summed E-state index contributed by atoms with van der Waals surface area (Å²) in [7, 11) is 1.44. The van der Waals surface area contributed by atoms with Gasteiger partial charge in [-0.1, -0.05) is 20.8 Å². The number of methoxy groups -OCH3 is 1. The zero-order valence-corrected chi connectivity index (χ0v) is 12.6. The highest BCUT2D eigenvalue weighted by Crippen LogP contribution is 2.09. The predicted molar refractivity (Wildman–Crippen MR) is 75.2 cm³/mol. The second-order valence-electron chi connectivity index (χ2n) is 5.39. The lowest BCUT2D eigenvalue weighted by atomic mass is 10.1. The van der Waals surface area contributed by atoms with Gasteiger partial charge in [0.2, 0.25) is 0 Å². The predicted octanol–water partition coefficient (Wildman–Crippen LogP) is 1.03. The van der Waals surface area contributed by atoms with E-state index in [1.54, 1.807) is 0 Å². The van der Waals surface area contributed by atoms with Crippen molar-refractivity contribution >= 4 is 5.97 Å². The van der Waals surface area contributed by atoms with E-state index < -0.39 is 0 Å². The molecule has 1 aliphatic rings. The summed E-state index contributed by atoms with van der Waals surface area (Å²) in [5.74, 6) is -0.172. The van der Waals surface area contributed by atoms with Crippen molar-refractivity contribution in [2.24, 2.45) is 0 Å². The topological polar surface area (TPSA) is 50.8 Å². The van der Waals surface area contributed by atoms with Crippen LogP contribution in [-0.4, -0.2) is 62.4 Å². The lowest BCUT2D eigenvalue weighted by Crippen LogP contribution is -2.47. The molecule has 0 amide bonds. The maximum Gasteiger partial charge on any atom is 0.322 e. The second kappa shape index (κ2) is 8.51. The number of nitrogens with zero attached hydrogens (tertiary/aromatic N) is 1. The molecule has 1 aliphatic heterocycles. The van der Waals surface area contributed by atoms with Crippen LogP contribution in [0.15, 0.2) is 0 Å². The van der Waals surface area contributed by atoms with Crippen molar-refractivity contribution in [1.82, 2.24) is 10.2 Å². The van der Waals surface area contributed by atoms with Crippen LogP contribution in [0.1, 0.15) is 33.6 Å². The number of esters is 1. The van der Waals surface area contributed by atoms with E-state index in [1.165, 1.54) is 7.11 Å². The number of carbonyl (C=O) groups is 1. The summed E-state index contributed by atoms with van der Waals surface area (Å²) < 4.78 is 10.5. The molecule has 0 saturated carbocycles. The Bertz CT molecular complexity index is 271. The summed E-state index contributed by atoms with van der Waals surface area (Å²) in [5.41, 5.74) is 0. The number of carbonyl (C=O) groups excluding carboxylic acids is 1. The van der Waals surface area contributed by atoms with Crippen LogP contribution in [0.25, 0.3) is 0 Å². The van der Waals surface area contributed by atoms with Crippen LogP contribution < -0.4 is 5.32 Å². The molecule has 0 radical (unpaired) electrons. The zero-order valence-electron chi connectivity index (χ0n) is 12.6. The number of hydrogen-bond acceptors (Lipinski definition) is 5. The monoisotopic (exact) mass is 272 g/mol. The fraction of sp³-hybridized carbons (Fsp3) is 0.929. The van der Waals surface area contributed by atoms with E-state index in [2.05, 4.69) is 17.1 Å². The van der Waals surface area contributed by atoms with Crippen molar-refractivity contribution in [1.29, 1.82) is 0 Å². The van der Waals surface area contributed by atoms with E-state index in [4.69, 9.17) is 9.47 Å². The molecule has 19 heavy (non-hydrogen) atoms. The van der Waals surface area contributed by atoms with Gasteiger partial charge in [0.1, 0.15) is 6.04 Å². The SMILES string of the molecule is CCC1CN(CCC(NC(C)C)C(=O)OC)CCO1. The third-order valence-corrected chi connectivity index (χ3v) is 3.43. The number of morpholine rings is 1. The van der Waals surface area contributed by atoms with Crippen molar-refractivity contribution in [3.05, 3.63) is 0 Å². The molecule has 0 bridgehead atoms. The third kappa shape index (κ3) is 5.89. The van der Waals surface area contributed by atoms with E-state index in [0.29, 0.717) is 6.10 Å². The highest BCUT2D eigenvalue weighted by molar-refractivity contribution is 5.75. The van der Waals surface area contributed by atoms with Crippen LogP contribution in [0, 0.1) is 0 Å². The molecule has 1 rings (SSSR count). The summed E-state index contributed by atoms with van der Waals surface area (Å²) in [6.45, 7) is 9.83. The van der Waals surface area contributed by atoms with Gasteiger partial charge in [-0.25, -0.2) is 0 Å². The minimum absolute atomic E-state index is 0.172. The molecule has 0 spiro atoms. The average molecular weight is 272 g/mol. The van der Waals surface area contributed by atoms with Crippen LogP contribution in [-0.2, 0) is 14.3 Å². The van der Waals surface area contributed by atoms with Crippen molar-refractivity contribution < 1.29 is 14.3 Å². The number of hydrogen-bond donors (Lipinski definition) is 1. The molecule has 0 aromatic heterocycles. The number of ether oxygens (including phenoxy) is 2. The quantitative estimate of drug-likeness (QED) is 0.702. The Balaban J connectivity index is 2.39. The van der Waals surface area contributed by atoms with Crippen molar-refractivity contribution in [2.45, 2.75) is 51.8 Å². The van der Waals surface area contributed by atoms with Gasteiger partial charge < -0.3 is 14.8 Å². The highest BCUT2D eigenvalue weighted by Gasteiger charge is 2.23. The molecule has 0 aromatic rings. The molecule has 1 N–H and O–H groups in total. The van der Waals surface area contributed by atoms with E-state index in [1.807, 2.05) is 13.8 Å². The Morgan fingerprint density at radius 2 is 2.26 bits per heavy atom. The molecule has 0 aromatic carbocycles. The summed E-state index contributed by atoms with van der Waals surface area (Å²) in [5, 5.41) is 3.26. The Morgan fingerprint density at radius 3 is 2.84 bits per heavy atom. The minimum Gasteiger partial charge on any atom is -0.468 e. The third-order valence-electron chi connectivity index (χ3n) is 3.43. The van der Waals surface area contributed by atoms with Gasteiger partial charge >= 0.3 is 5.97 Å². The fourth-order valence-corrected chi connectivity index (χ4v) is 2.36. The van der Waals surface area contributed by atoms with Gasteiger partial charge in [-0.2, -0.15) is 0 Å². The molecular formula is C14H28N2O3. The van der Waals surface area contributed by atoms with Crippen LogP contribution in [0.2, 0.25) is 0 Å². The van der Waals surface area contributed by atoms with E-state index in [0.717, 1.165) is 39.1 Å². The molecule has 0 aliphatic carbocycles. The van der Waals surface area contributed by atoms with Crippen LogP contribution in [0.3, 0.4) is 0 Å². The first kappa shape index (κ1) is 16.4. The molecule has 1 fully saturated rings. The Hall–Kier alpha value is -0.650. The van der Waals surface area contributed by atoms with E-state index >= 15 is 0 Å². The maximum absolute atomic E-state index is 11.7. The molecule has 1 heterocycles. The standard InChI is InChI=1S/C14H28N2O3/c1-5-12-10-16(8-9-19-12)7-6-13(14(17)18-4)15-11(2)3/h11-13,15H,5-10H2,1-4H3. The van der Waals surface area contributed by atoms with Crippen LogP contribution >= 0.6 is 0 Å². The molecule has 112 valence electrons. The Kier molecular flexibility index (Phi) is 7.34. The Morgan fingerprint density at radius 1 is 1.53 bits per heavy atom. The second-order valence-corrected chi connectivity index (χ2v) is 5.39. The minimum atomic E-state index is -0.215. The normalized spacial score (nSPS) is 22.5. The van der Waals surface area contributed by atoms with Crippen molar-refractivity contribution in [3.63, 3.8) is 0 Å². The molecule has 5 nitrogen and oxygen atoms in total. The van der Waals surface area contributed by atoms with Gasteiger partial charge in [0.15, 0.2) is 0 Å². The lowest BCUT2D eigenvalue weighted by Gasteiger charge is -2.33. The summed E-state index contributed by atoms with van der Waals surface area (Å²) in [4.78, 5) is 14.1. The first-order chi connectivity index (χ1) is 9.06. The summed E-state index contributed by atoms with van der Waals surface area (Å²) >= 11 is 0. The van der Waals surface area contributed by atoms with Gasteiger partial charge in [0.25, 0.3) is 0 Å². The zero-order chi connectivity index (χ0) is 14.3. The molecular weight excluding hydrogens is 244 g/mol. The van der Waals surface area contributed by atoms with E-state index in [-0.39, 0.29) is 18.1 Å². The van der Waals surface area contributed by atoms with Crippen molar-refractivity contribution in [3.8, 4) is 0 Å². The average Bonchev–Trinajstić information content (AvgIpc) is 2.42. The van der Waals surface area contributed by atoms with E-state index in [9.17, 15) is 4.79 Å². The molecule has 2 atom stereocenters.